The lowest BCUT2D eigenvalue weighted by atomic mass is 10.1. The molecule has 0 saturated carbocycles. The van der Waals surface area contributed by atoms with E-state index in [4.69, 9.17) is 0 Å². The number of nitrogens with one attached hydrogen (secondary N) is 2. The van der Waals surface area contributed by atoms with Gasteiger partial charge in [0.2, 0.25) is 0 Å². The number of H-pyrrole nitrogens is 1. The Balaban J connectivity index is 1.37. The summed E-state index contributed by atoms with van der Waals surface area (Å²) in [5.41, 5.74) is 3.78. The van der Waals surface area contributed by atoms with Crippen molar-refractivity contribution < 1.29 is 9.90 Å². The Hall–Kier alpha value is -2.38. The van der Waals surface area contributed by atoms with Crippen molar-refractivity contribution in [2.24, 2.45) is 0 Å². The van der Waals surface area contributed by atoms with Crippen LogP contribution in [0.3, 0.4) is 0 Å². The minimum atomic E-state index is 0.0261. The first-order valence-corrected chi connectivity index (χ1v) is 8.77. The van der Waals surface area contributed by atoms with Crippen molar-refractivity contribution in [1.82, 2.24) is 25.3 Å². The van der Waals surface area contributed by atoms with Gasteiger partial charge in [0.15, 0.2) is 5.69 Å². The summed E-state index contributed by atoms with van der Waals surface area (Å²) in [6.07, 6.45) is 0.896. The summed E-state index contributed by atoms with van der Waals surface area (Å²) < 4.78 is 0. The van der Waals surface area contributed by atoms with Crippen molar-refractivity contribution in [2.45, 2.75) is 19.5 Å². The number of benzene rings is 1. The van der Waals surface area contributed by atoms with Crippen LogP contribution < -0.4 is 5.32 Å². The number of rotatable bonds is 3. The number of piperazine rings is 1. The van der Waals surface area contributed by atoms with Gasteiger partial charge in [0.25, 0.3) is 5.91 Å². The van der Waals surface area contributed by atoms with Gasteiger partial charge < -0.3 is 15.3 Å². The molecule has 2 aromatic rings. The standard InChI is InChI=1S/C18H23N5O2/c24-14-3-1-2-13(10-14)12-22-6-8-23(9-7-22)18(25)17-15-11-19-5-4-16(15)20-21-17/h1-3,10,19,24H,4-9,11-12H2,(H,20,21). The van der Waals surface area contributed by atoms with E-state index in [-0.39, 0.29) is 5.91 Å². The summed E-state index contributed by atoms with van der Waals surface area (Å²) in [4.78, 5) is 17.0. The highest BCUT2D eigenvalue weighted by atomic mass is 16.3. The molecule has 7 heteroatoms. The average Bonchev–Trinajstić information content (AvgIpc) is 3.06. The molecule has 1 fully saturated rings. The van der Waals surface area contributed by atoms with Gasteiger partial charge >= 0.3 is 0 Å². The minimum absolute atomic E-state index is 0.0261. The number of amides is 1. The number of phenolic OH excluding ortho intramolecular Hbond substituents is 1. The summed E-state index contributed by atoms with van der Waals surface area (Å²) >= 11 is 0. The van der Waals surface area contributed by atoms with E-state index in [2.05, 4.69) is 20.4 Å². The van der Waals surface area contributed by atoms with Crippen LogP contribution in [-0.2, 0) is 19.5 Å². The van der Waals surface area contributed by atoms with Crippen LogP contribution in [0.4, 0.5) is 0 Å². The Morgan fingerprint density at radius 2 is 2.08 bits per heavy atom. The van der Waals surface area contributed by atoms with Crippen molar-refractivity contribution in [1.29, 1.82) is 0 Å². The van der Waals surface area contributed by atoms with Crippen molar-refractivity contribution in [3.05, 3.63) is 46.8 Å². The highest BCUT2D eigenvalue weighted by molar-refractivity contribution is 5.94. The van der Waals surface area contributed by atoms with Crippen LogP contribution in [0, 0.1) is 0 Å². The number of aromatic amines is 1. The Labute approximate surface area is 146 Å². The molecule has 0 radical (unpaired) electrons. The van der Waals surface area contributed by atoms with E-state index in [0.29, 0.717) is 31.1 Å². The van der Waals surface area contributed by atoms with Crippen LogP contribution in [0.25, 0.3) is 0 Å². The van der Waals surface area contributed by atoms with E-state index in [1.54, 1.807) is 12.1 Å². The molecular formula is C18H23N5O2. The molecule has 0 unspecified atom stereocenters. The molecule has 3 heterocycles. The van der Waals surface area contributed by atoms with Gasteiger partial charge in [-0.2, -0.15) is 5.10 Å². The maximum atomic E-state index is 12.8. The van der Waals surface area contributed by atoms with Crippen LogP contribution >= 0.6 is 0 Å². The molecule has 132 valence electrons. The van der Waals surface area contributed by atoms with E-state index in [9.17, 15) is 9.90 Å². The second-order valence-corrected chi connectivity index (χ2v) is 6.69. The van der Waals surface area contributed by atoms with Gasteiger partial charge in [-0.25, -0.2) is 0 Å². The van der Waals surface area contributed by atoms with Gasteiger partial charge in [0.1, 0.15) is 5.75 Å². The molecule has 2 aliphatic heterocycles. The van der Waals surface area contributed by atoms with Crippen molar-refractivity contribution in [3.63, 3.8) is 0 Å². The summed E-state index contributed by atoms with van der Waals surface area (Å²) in [6.45, 7) is 5.48. The second-order valence-electron chi connectivity index (χ2n) is 6.69. The first-order chi connectivity index (χ1) is 12.2. The molecule has 0 atom stereocenters. The summed E-state index contributed by atoms with van der Waals surface area (Å²) in [5, 5.41) is 20.2. The fraction of sp³-hybridized carbons (Fsp3) is 0.444. The van der Waals surface area contributed by atoms with Crippen LogP contribution in [0.5, 0.6) is 5.75 Å². The molecule has 0 spiro atoms. The molecule has 3 N–H and O–H groups in total. The van der Waals surface area contributed by atoms with Gasteiger partial charge in [-0.3, -0.25) is 14.8 Å². The zero-order valence-corrected chi connectivity index (χ0v) is 14.2. The molecule has 1 aromatic heterocycles. The molecule has 2 aliphatic rings. The number of carbonyl (C=O) groups excluding carboxylic acids is 1. The lowest BCUT2D eigenvalue weighted by molar-refractivity contribution is 0.0621. The molecule has 0 bridgehead atoms. The summed E-state index contributed by atoms with van der Waals surface area (Å²) in [5.74, 6) is 0.321. The SMILES string of the molecule is O=C(c1n[nH]c2c1CNCC2)N1CCN(Cc2cccc(O)c2)CC1. The molecular weight excluding hydrogens is 318 g/mol. The Morgan fingerprint density at radius 1 is 1.24 bits per heavy atom. The molecule has 1 amide bonds. The third-order valence-electron chi connectivity index (χ3n) is 4.99. The Morgan fingerprint density at radius 3 is 2.88 bits per heavy atom. The quantitative estimate of drug-likeness (QED) is 0.766. The average molecular weight is 341 g/mol. The van der Waals surface area contributed by atoms with Crippen LogP contribution in [-0.4, -0.2) is 63.7 Å². The fourth-order valence-electron chi connectivity index (χ4n) is 3.57. The van der Waals surface area contributed by atoms with E-state index in [1.165, 1.54) is 0 Å². The van der Waals surface area contributed by atoms with Crippen molar-refractivity contribution in [3.8, 4) is 5.75 Å². The third kappa shape index (κ3) is 3.38. The maximum absolute atomic E-state index is 12.8. The smallest absolute Gasteiger partial charge is 0.274 e. The molecule has 4 rings (SSSR count). The van der Waals surface area contributed by atoms with E-state index < -0.39 is 0 Å². The highest BCUT2D eigenvalue weighted by Crippen LogP contribution is 2.19. The van der Waals surface area contributed by atoms with E-state index in [1.807, 2.05) is 17.0 Å². The summed E-state index contributed by atoms with van der Waals surface area (Å²) in [6, 6.07) is 7.35. The lowest BCUT2D eigenvalue weighted by Gasteiger charge is -2.34. The predicted molar refractivity (Wildman–Crippen MR) is 93.3 cm³/mol. The number of hydrogen-bond acceptors (Lipinski definition) is 5. The van der Waals surface area contributed by atoms with E-state index in [0.717, 1.165) is 49.4 Å². The third-order valence-corrected chi connectivity index (χ3v) is 4.99. The number of phenols is 1. The number of nitrogens with zero attached hydrogens (tertiary/aromatic N) is 3. The first kappa shape index (κ1) is 16.1. The van der Waals surface area contributed by atoms with Gasteiger partial charge in [-0.05, 0) is 17.7 Å². The Kier molecular flexibility index (Phi) is 4.42. The monoisotopic (exact) mass is 341 g/mol. The zero-order chi connectivity index (χ0) is 17.2. The number of carbonyl (C=O) groups is 1. The largest absolute Gasteiger partial charge is 0.508 e. The number of aromatic nitrogens is 2. The minimum Gasteiger partial charge on any atom is -0.508 e. The molecule has 0 aliphatic carbocycles. The number of hydrogen-bond donors (Lipinski definition) is 3. The maximum Gasteiger partial charge on any atom is 0.274 e. The first-order valence-electron chi connectivity index (χ1n) is 8.77. The van der Waals surface area contributed by atoms with Gasteiger partial charge in [0, 0.05) is 63.5 Å². The predicted octanol–water partition coefficient (Wildman–Crippen LogP) is 0.719. The molecule has 25 heavy (non-hydrogen) atoms. The molecule has 1 saturated heterocycles. The van der Waals surface area contributed by atoms with Gasteiger partial charge in [0.05, 0.1) is 0 Å². The lowest BCUT2D eigenvalue weighted by Crippen LogP contribution is -2.48. The van der Waals surface area contributed by atoms with Crippen molar-refractivity contribution in [2.75, 3.05) is 32.7 Å². The molecule has 7 nitrogen and oxygen atoms in total. The number of aromatic hydroxyl groups is 1. The van der Waals surface area contributed by atoms with Gasteiger partial charge in [-0.15, -0.1) is 0 Å². The second kappa shape index (κ2) is 6.85. The Bertz CT molecular complexity index is 765. The van der Waals surface area contributed by atoms with Gasteiger partial charge in [-0.1, -0.05) is 12.1 Å². The van der Waals surface area contributed by atoms with E-state index >= 15 is 0 Å². The van der Waals surface area contributed by atoms with Crippen LogP contribution in [0.15, 0.2) is 24.3 Å². The van der Waals surface area contributed by atoms with Crippen LogP contribution in [0.2, 0.25) is 0 Å². The van der Waals surface area contributed by atoms with Crippen molar-refractivity contribution >= 4 is 5.91 Å². The number of fused-ring (bicyclic) bond motifs is 1. The fourth-order valence-corrected chi connectivity index (χ4v) is 3.57. The topological polar surface area (TPSA) is 84.5 Å². The highest BCUT2D eigenvalue weighted by Gasteiger charge is 2.28. The van der Waals surface area contributed by atoms with Crippen LogP contribution in [0.1, 0.15) is 27.3 Å². The summed E-state index contributed by atoms with van der Waals surface area (Å²) in [7, 11) is 0. The molecule has 1 aromatic carbocycles. The zero-order valence-electron chi connectivity index (χ0n) is 14.2. The normalized spacial score (nSPS) is 18.2.